The molecular weight excluding hydrogens is 270 g/mol. The van der Waals surface area contributed by atoms with Crippen molar-refractivity contribution in [3.8, 4) is 0 Å². The highest BCUT2D eigenvalue weighted by Gasteiger charge is 2.16. The van der Waals surface area contributed by atoms with Gasteiger partial charge in [-0.2, -0.15) is 0 Å². The Bertz CT molecular complexity index is 560. The van der Waals surface area contributed by atoms with Crippen LogP contribution in [0.4, 0.5) is 14.6 Å². The van der Waals surface area contributed by atoms with Crippen molar-refractivity contribution in [2.75, 3.05) is 23.9 Å². The Morgan fingerprint density at radius 2 is 2.05 bits per heavy atom. The molecule has 0 amide bonds. The molecule has 0 aliphatic heterocycles. The molecule has 1 aromatic carbocycles. The second-order valence-electron chi connectivity index (χ2n) is 4.35. The highest BCUT2D eigenvalue weighted by molar-refractivity contribution is 6.18. The summed E-state index contributed by atoms with van der Waals surface area (Å²) in [5.41, 5.74) is 1.68. The van der Waals surface area contributed by atoms with Gasteiger partial charge in [-0.15, -0.1) is 11.6 Å². The van der Waals surface area contributed by atoms with Crippen LogP contribution in [0.5, 0.6) is 0 Å². The zero-order chi connectivity index (χ0) is 13.8. The van der Waals surface area contributed by atoms with E-state index in [9.17, 15) is 8.78 Å². The number of anilines is 1. The van der Waals surface area contributed by atoms with Crippen LogP contribution in [0.25, 0.3) is 10.9 Å². The molecule has 0 radical (unpaired) electrons. The first-order chi connectivity index (χ1) is 9.11. The van der Waals surface area contributed by atoms with E-state index in [1.54, 1.807) is 4.90 Å². The van der Waals surface area contributed by atoms with Crippen LogP contribution in [0, 0.1) is 6.92 Å². The lowest BCUT2D eigenvalue weighted by Gasteiger charge is -2.24. The van der Waals surface area contributed by atoms with Crippen molar-refractivity contribution in [1.82, 2.24) is 4.98 Å². The molecular formula is C14H15ClF2N2. The molecule has 1 aromatic heterocycles. The maximum Gasteiger partial charge on any atom is 0.255 e. The molecule has 2 aromatic rings. The Morgan fingerprint density at radius 3 is 2.74 bits per heavy atom. The molecule has 2 rings (SSSR count). The first-order valence-corrected chi connectivity index (χ1v) is 6.60. The van der Waals surface area contributed by atoms with E-state index >= 15 is 0 Å². The van der Waals surface area contributed by atoms with Crippen LogP contribution >= 0.6 is 11.6 Å². The van der Waals surface area contributed by atoms with Gasteiger partial charge in [0.25, 0.3) is 6.43 Å². The van der Waals surface area contributed by atoms with Gasteiger partial charge in [0.2, 0.25) is 0 Å². The molecule has 0 saturated heterocycles. The minimum atomic E-state index is -2.41. The molecule has 0 aliphatic rings. The number of aryl methyl sites for hydroxylation is 1. The first-order valence-electron chi connectivity index (χ1n) is 6.07. The van der Waals surface area contributed by atoms with E-state index in [-0.39, 0.29) is 6.54 Å². The van der Waals surface area contributed by atoms with Gasteiger partial charge >= 0.3 is 0 Å². The average Bonchev–Trinajstić information content (AvgIpc) is 2.37. The van der Waals surface area contributed by atoms with Crippen LogP contribution in [0.3, 0.4) is 0 Å². The van der Waals surface area contributed by atoms with E-state index in [1.807, 2.05) is 37.3 Å². The van der Waals surface area contributed by atoms with Crippen molar-refractivity contribution in [2.24, 2.45) is 0 Å². The highest BCUT2D eigenvalue weighted by Crippen LogP contribution is 2.23. The van der Waals surface area contributed by atoms with Crippen molar-refractivity contribution in [3.05, 3.63) is 35.9 Å². The normalized spacial score (nSPS) is 11.2. The average molecular weight is 285 g/mol. The van der Waals surface area contributed by atoms with Gasteiger partial charge in [0.15, 0.2) is 0 Å². The van der Waals surface area contributed by atoms with Crippen LogP contribution < -0.4 is 4.90 Å². The molecule has 1 heterocycles. The summed E-state index contributed by atoms with van der Waals surface area (Å²) < 4.78 is 25.3. The lowest BCUT2D eigenvalue weighted by Crippen LogP contribution is -2.32. The predicted molar refractivity (Wildman–Crippen MR) is 75.4 cm³/mol. The fourth-order valence-corrected chi connectivity index (χ4v) is 2.29. The summed E-state index contributed by atoms with van der Waals surface area (Å²) >= 11 is 5.69. The summed E-state index contributed by atoms with van der Waals surface area (Å²) in [7, 11) is 0. The van der Waals surface area contributed by atoms with Gasteiger partial charge in [-0.05, 0) is 24.6 Å². The van der Waals surface area contributed by atoms with Gasteiger partial charge in [0.1, 0.15) is 5.82 Å². The second-order valence-corrected chi connectivity index (χ2v) is 4.73. The standard InChI is InChI=1S/C14H15ClF2N2/c1-10-8-11-4-2-3-5-12(11)18-14(10)19(7-6-15)9-13(16)17/h2-5,8,13H,6-7,9H2,1H3. The fourth-order valence-electron chi connectivity index (χ4n) is 2.08. The van der Waals surface area contributed by atoms with Crippen molar-refractivity contribution in [2.45, 2.75) is 13.3 Å². The second kappa shape index (κ2) is 6.15. The zero-order valence-corrected chi connectivity index (χ0v) is 11.4. The number of nitrogens with zero attached hydrogens (tertiary/aromatic N) is 2. The summed E-state index contributed by atoms with van der Waals surface area (Å²) in [6.07, 6.45) is -2.41. The molecule has 102 valence electrons. The molecule has 5 heteroatoms. The van der Waals surface area contributed by atoms with Crippen molar-refractivity contribution in [3.63, 3.8) is 0 Å². The number of hydrogen-bond acceptors (Lipinski definition) is 2. The summed E-state index contributed by atoms with van der Waals surface area (Å²) in [6, 6.07) is 9.61. The highest BCUT2D eigenvalue weighted by atomic mass is 35.5. The predicted octanol–water partition coefficient (Wildman–Crippen LogP) is 3.85. The molecule has 19 heavy (non-hydrogen) atoms. The number of benzene rings is 1. The third-order valence-corrected chi connectivity index (χ3v) is 3.07. The zero-order valence-electron chi connectivity index (χ0n) is 10.6. The Kier molecular flexibility index (Phi) is 4.53. The number of rotatable bonds is 5. The number of halogens is 3. The van der Waals surface area contributed by atoms with E-state index in [2.05, 4.69) is 4.98 Å². The Hall–Kier alpha value is -1.42. The number of fused-ring (bicyclic) bond motifs is 1. The van der Waals surface area contributed by atoms with Crippen LogP contribution in [-0.4, -0.2) is 30.4 Å². The van der Waals surface area contributed by atoms with Gasteiger partial charge in [-0.1, -0.05) is 18.2 Å². The monoisotopic (exact) mass is 284 g/mol. The third-order valence-electron chi connectivity index (χ3n) is 2.90. The number of aromatic nitrogens is 1. The smallest absolute Gasteiger partial charge is 0.255 e. The number of alkyl halides is 3. The molecule has 0 unspecified atom stereocenters. The molecule has 0 aliphatic carbocycles. The fraction of sp³-hybridized carbons (Fsp3) is 0.357. The van der Waals surface area contributed by atoms with Crippen LogP contribution in [0.2, 0.25) is 0 Å². The van der Waals surface area contributed by atoms with E-state index in [0.717, 1.165) is 16.5 Å². The minimum absolute atomic E-state index is 0.292. The maximum absolute atomic E-state index is 12.6. The lowest BCUT2D eigenvalue weighted by molar-refractivity contribution is 0.155. The Labute approximate surface area is 116 Å². The van der Waals surface area contributed by atoms with Crippen LogP contribution in [0.15, 0.2) is 30.3 Å². The SMILES string of the molecule is Cc1cc2ccccc2nc1N(CCCl)CC(F)F. The Morgan fingerprint density at radius 1 is 1.32 bits per heavy atom. The van der Waals surface area contributed by atoms with Gasteiger partial charge in [0.05, 0.1) is 12.1 Å². The summed E-state index contributed by atoms with van der Waals surface area (Å²) in [5.74, 6) is 0.875. The van der Waals surface area contributed by atoms with Crippen LogP contribution in [-0.2, 0) is 0 Å². The molecule has 2 nitrogen and oxygen atoms in total. The molecule has 0 fully saturated rings. The molecule has 0 atom stereocenters. The summed E-state index contributed by atoms with van der Waals surface area (Å²) in [5, 5.41) is 1.01. The quantitative estimate of drug-likeness (QED) is 0.775. The first kappa shape index (κ1) is 14.0. The van der Waals surface area contributed by atoms with Crippen LogP contribution in [0.1, 0.15) is 5.56 Å². The summed E-state index contributed by atoms with van der Waals surface area (Å²) in [6.45, 7) is 1.89. The molecule has 0 spiro atoms. The Balaban J connectivity index is 2.43. The third kappa shape index (κ3) is 3.32. The van der Waals surface area contributed by atoms with Crippen molar-refractivity contribution in [1.29, 1.82) is 0 Å². The topological polar surface area (TPSA) is 16.1 Å². The molecule has 0 saturated carbocycles. The van der Waals surface area contributed by atoms with Gasteiger partial charge in [-0.25, -0.2) is 13.8 Å². The van der Waals surface area contributed by atoms with E-state index in [0.29, 0.717) is 18.2 Å². The number of pyridine rings is 1. The number of hydrogen-bond donors (Lipinski definition) is 0. The maximum atomic E-state index is 12.6. The van der Waals surface area contributed by atoms with E-state index in [1.165, 1.54) is 0 Å². The largest absolute Gasteiger partial charge is 0.349 e. The van der Waals surface area contributed by atoms with Crippen molar-refractivity contribution >= 4 is 28.3 Å². The summed E-state index contributed by atoms with van der Waals surface area (Å²) in [4.78, 5) is 6.02. The van der Waals surface area contributed by atoms with E-state index < -0.39 is 6.43 Å². The molecule has 0 N–H and O–H groups in total. The minimum Gasteiger partial charge on any atom is -0.349 e. The van der Waals surface area contributed by atoms with Gasteiger partial charge < -0.3 is 4.90 Å². The van der Waals surface area contributed by atoms with E-state index in [4.69, 9.17) is 11.6 Å². The van der Waals surface area contributed by atoms with Gasteiger partial charge in [0, 0.05) is 17.8 Å². The number of para-hydroxylation sites is 1. The lowest BCUT2D eigenvalue weighted by atomic mass is 10.1. The van der Waals surface area contributed by atoms with Gasteiger partial charge in [-0.3, -0.25) is 0 Å². The molecule has 0 bridgehead atoms. The van der Waals surface area contributed by atoms with Crippen molar-refractivity contribution < 1.29 is 8.78 Å².